The van der Waals surface area contributed by atoms with Crippen LogP contribution in [0.1, 0.15) is 35.1 Å². The Balaban J connectivity index is 1.44. The Morgan fingerprint density at radius 2 is 1.77 bits per heavy atom. The average Bonchev–Trinajstić information content (AvgIpc) is 3.03. The number of hydrogen-bond donors (Lipinski definition) is 2. The van der Waals surface area contributed by atoms with E-state index >= 15 is 4.39 Å². The van der Waals surface area contributed by atoms with E-state index in [1.54, 1.807) is 43.3 Å². The molecule has 0 radical (unpaired) electrons. The molecule has 0 aliphatic carbocycles. The maximum atomic E-state index is 15.4. The van der Waals surface area contributed by atoms with Crippen LogP contribution in [0.15, 0.2) is 96.2 Å². The second-order valence-corrected chi connectivity index (χ2v) is 13.3. The maximum Gasteiger partial charge on any atom is 0.573 e. The van der Waals surface area contributed by atoms with E-state index in [0.717, 1.165) is 11.8 Å². The quantitative estimate of drug-likeness (QED) is 0.200. The molecule has 248 valence electrons. The van der Waals surface area contributed by atoms with Crippen molar-refractivity contribution in [2.45, 2.75) is 43.5 Å². The molecule has 3 atom stereocenters. The van der Waals surface area contributed by atoms with Gasteiger partial charge in [0.05, 0.1) is 23.0 Å². The minimum Gasteiger partial charge on any atom is -0.406 e. The van der Waals surface area contributed by atoms with Gasteiger partial charge in [-0.2, -0.15) is 4.31 Å². The Morgan fingerprint density at radius 3 is 2.47 bits per heavy atom. The fraction of sp³-hybridized carbons (Fsp3) is 0.294. The first-order valence-electron chi connectivity index (χ1n) is 15.0. The molecule has 0 bridgehead atoms. The number of rotatable bonds is 10. The highest BCUT2D eigenvalue weighted by atomic mass is 32.2. The van der Waals surface area contributed by atoms with Gasteiger partial charge in [0, 0.05) is 43.1 Å². The number of benzene rings is 3. The molecule has 0 spiro atoms. The maximum absolute atomic E-state index is 15.4. The van der Waals surface area contributed by atoms with Crippen LogP contribution < -0.4 is 15.4 Å². The Labute approximate surface area is 270 Å². The summed E-state index contributed by atoms with van der Waals surface area (Å²) in [7, 11) is -3.90. The molecule has 13 heteroatoms. The number of hydrogen-bond acceptors (Lipinski definition) is 6. The highest BCUT2D eigenvalue weighted by Gasteiger charge is 2.36. The molecular formula is C34H34F4N4O4S. The number of amides is 1. The van der Waals surface area contributed by atoms with Crippen molar-refractivity contribution in [1.82, 2.24) is 14.6 Å². The highest BCUT2D eigenvalue weighted by molar-refractivity contribution is 7.89. The van der Waals surface area contributed by atoms with Crippen LogP contribution in [-0.4, -0.2) is 55.7 Å². The normalized spacial score (nSPS) is 17.1. The highest BCUT2D eigenvalue weighted by Crippen LogP contribution is 2.36. The van der Waals surface area contributed by atoms with Crippen molar-refractivity contribution in [3.63, 3.8) is 0 Å². The predicted octanol–water partition coefficient (Wildman–Crippen LogP) is 6.04. The molecule has 5 rings (SSSR count). The number of aromatic nitrogens is 1. The minimum atomic E-state index is -4.90. The van der Waals surface area contributed by atoms with Crippen molar-refractivity contribution in [3.8, 4) is 5.75 Å². The summed E-state index contributed by atoms with van der Waals surface area (Å²) in [5, 5.41) is 5.94. The largest absolute Gasteiger partial charge is 0.573 e. The van der Waals surface area contributed by atoms with E-state index < -0.39 is 51.7 Å². The number of alkyl halides is 3. The molecule has 4 aromatic rings. The van der Waals surface area contributed by atoms with E-state index in [1.165, 1.54) is 40.8 Å². The second kappa shape index (κ2) is 14.2. The van der Waals surface area contributed by atoms with Gasteiger partial charge in [0.25, 0.3) is 0 Å². The molecule has 1 aliphatic heterocycles. The Hall–Kier alpha value is -4.33. The fourth-order valence-electron chi connectivity index (χ4n) is 5.82. The summed E-state index contributed by atoms with van der Waals surface area (Å²) in [6.07, 6.45) is -2.66. The van der Waals surface area contributed by atoms with Crippen molar-refractivity contribution in [2.24, 2.45) is 5.92 Å². The van der Waals surface area contributed by atoms with Gasteiger partial charge in [0.1, 0.15) is 11.6 Å². The second-order valence-electron chi connectivity index (χ2n) is 11.4. The number of carbonyl (C=O) groups is 1. The van der Waals surface area contributed by atoms with Gasteiger partial charge in [-0.1, -0.05) is 67.1 Å². The van der Waals surface area contributed by atoms with E-state index in [9.17, 15) is 26.4 Å². The number of piperazine rings is 1. The van der Waals surface area contributed by atoms with Crippen LogP contribution in [-0.2, 0) is 21.2 Å². The van der Waals surface area contributed by atoms with Gasteiger partial charge in [0.2, 0.25) is 15.9 Å². The molecule has 1 aliphatic rings. The molecule has 1 fully saturated rings. The molecule has 47 heavy (non-hydrogen) atoms. The van der Waals surface area contributed by atoms with E-state index in [-0.39, 0.29) is 35.7 Å². The smallest absolute Gasteiger partial charge is 0.406 e. The van der Waals surface area contributed by atoms with Crippen LogP contribution >= 0.6 is 0 Å². The zero-order chi connectivity index (χ0) is 33.8. The van der Waals surface area contributed by atoms with Crippen LogP contribution in [0.4, 0.5) is 23.2 Å². The topological polar surface area (TPSA) is 101 Å². The van der Waals surface area contributed by atoms with Crippen molar-refractivity contribution in [1.29, 1.82) is 0 Å². The lowest BCUT2D eigenvalue weighted by Crippen LogP contribution is -2.54. The molecular weight excluding hydrogens is 636 g/mol. The molecule has 1 amide bonds. The van der Waals surface area contributed by atoms with Gasteiger partial charge in [0.15, 0.2) is 0 Å². The van der Waals surface area contributed by atoms with E-state index in [0.29, 0.717) is 17.7 Å². The summed E-state index contributed by atoms with van der Waals surface area (Å²) in [4.78, 5) is 17.9. The number of halogens is 4. The van der Waals surface area contributed by atoms with E-state index in [1.807, 2.05) is 19.1 Å². The first-order chi connectivity index (χ1) is 22.3. The minimum absolute atomic E-state index is 0.0599. The molecule has 3 aromatic carbocycles. The molecule has 1 unspecified atom stereocenters. The van der Waals surface area contributed by atoms with Crippen molar-refractivity contribution in [3.05, 3.63) is 119 Å². The van der Waals surface area contributed by atoms with E-state index in [4.69, 9.17) is 0 Å². The number of nitrogens with one attached hydrogen (secondary N) is 2. The number of pyridine rings is 1. The number of aryl methyl sites for hydroxylation is 1. The molecule has 2 N–H and O–H groups in total. The Bertz CT molecular complexity index is 1810. The van der Waals surface area contributed by atoms with Gasteiger partial charge in [-0.05, 0) is 48.7 Å². The summed E-state index contributed by atoms with van der Waals surface area (Å²) < 4.78 is 87.0. The molecule has 8 nitrogen and oxygen atoms in total. The number of anilines is 1. The van der Waals surface area contributed by atoms with Crippen molar-refractivity contribution in [2.75, 3.05) is 25.0 Å². The lowest BCUT2D eigenvalue weighted by Gasteiger charge is -2.35. The number of carbonyl (C=O) groups excluding carboxylic acids is 1. The molecule has 1 saturated heterocycles. The average molecular weight is 671 g/mol. The van der Waals surface area contributed by atoms with Crippen LogP contribution in [0.3, 0.4) is 0 Å². The summed E-state index contributed by atoms with van der Waals surface area (Å²) >= 11 is 0. The first kappa shape index (κ1) is 34.0. The summed E-state index contributed by atoms with van der Waals surface area (Å²) in [5.41, 5.74) is 2.19. The predicted molar refractivity (Wildman–Crippen MR) is 169 cm³/mol. The van der Waals surface area contributed by atoms with Crippen LogP contribution in [0.2, 0.25) is 0 Å². The standard InChI is InChI=1S/C34H34F4N4O4S/c1-22-11-13-24(14-12-22)32(25-7-6-8-27(17-25)46-34(36,37)38)23(2)33(43)41-31-21-40-20-30(35)29(31)18-26-19-39-15-16-42(26)47(44,45)28-9-4-3-5-10-28/h3-14,17,20-21,23,26,32,39H,15-16,18-19H2,1-2H3,(H,41,43)/t23-,26?,32-/m0/s1. The SMILES string of the molecule is Cc1ccc([C@@H](c2cccc(OC(F)(F)F)c2)[C@H](C)C(=O)Nc2cncc(F)c2CC2CNCCN2S(=O)(=O)c2ccccc2)cc1. The van der Waals surface area contributed by atoms with Crippen LogP contribution in [0.25, 0.3) is 0 Å². The third-order valence-corrected chi connectivity index (χ3v) is 10.1. The van der Waals surface area contributed by atoms with Crippen molar-refractivity contribution < 1.29 is 35.5 Å². The number of ether oxygens (including phenoxy) is 1. The molecule has 2 heterocycles. The summed E-state index contributed by atoms with van der Waals surface area (Å²) in [6, 6.07) is 20.0. The van der Waals surface area contributed by atoms with Gasteiger partial charge >= 0.3 is 6.36 Å². The van der Waals surface area contributed by atoms with Crippen LogP contribution in [0.5, 0.6) is 5.75 Å². The number of sulfonamides is 1. The van der Waals surface area contributed by atoms with Gasteiger partial charge < -0.3 is 15.4 Å². The fourth-order valence-corrected chi connectivity index (χ4v) is 7.46. The Kier molecular flexibility index (Phi) is 10.3. The third kappa shape index (κ3) is 8.16. The zero-order valence-corrected chi connectivity index (χ0v) is 26.5. The monoisotopic (exact) mass is 670 g/mol. The van der Waals surface area contributed by atoms with Crippen molar-refractivity contribution >= 4 is 21.6 Å². The third-order valence-electron chi connectivity index (χ3n) is 8.15. The molecule has 1 aromatic heterocycles. The van der Waals surface area contributed by atoms with Crippen LogP contribution in [0, 0.1) is 18.7 Å². The van der Waals surface area contributed by atoms with E-state index in [2.05, 4.69) is 20.4 Å². The van der Waals surface area contributed by atoms with Gasteiger partial charge in [-0.15, -0.1) is 13.2 Å². The van der Waals surface area contributed by atoms with Gasteiger partial charge in [-0.3, -0.25) is 9.78 Å². The van der Waals surface area contributed by atoms with Gasteiger partial charge in [-0.25, -0.2) is 12.8 Å². The summed E-state index contributed by atoms with van der Waals surface area (Å²) in [5.74, 6) is -3.24. The molecule has 0 saturated carbocycles. The lowest BCUT2D eigenvalue weighted by atomic mass is 9.80. The zero-order valence-electron chi connectivity index (χ0n) is 25.7. The first-order valence-corrected chi connectivity index (χ1v) is 16.4. The lowest BCUT2D eigenvalue weighted by molar-refractivity contribution is -0.274. The summed E-state index contributed by atoms with van der Waals surface area (Å²) in [6.45, 7) is 4.35. The Morgan fingerprint density at radius 1 is 1.04 bits per heavy atom. The number of nitrogens with zero attached hydrogens (tertiary/aromatic N) is 2.